The Kier molecular flexibility index (Phi) is 6.50. The molecule has 0 aromatic heterocycles. The van der Waals surface area contributed by atoms with Crippen LogP contribution in [0.15, 0.2) is 18.2 Å². The molecule has 0 saturated carbocycles. The third-order valence-electron chi connectivity index (χ3n) is 3.44. The summed E-state index contributed by atoms with van der Waals surface area (Å²) in [4.78, 5) is 4.58. The molecule has 0 radical (unpaired) electrons. The number of nitriles is 1. The number of hydrogen-bond donors (Lipinski definition) is 0. The van der Waals surface area contributed by atoms with Crippen LogP contribution < -0.4 is 4.74 Å². The zero-order valence-electron chi connectivity index (χ0n) is 13.2. The quantitative estimate of drug-likeness (QED) is 0.765. The van der Waals surface area contributed by atoms with E-state index in [1.807, 2.05) is 12.1 Å². The Bertz CT molecular complexity index is 465. The molecule has 4 nitrogen and oxygen atoms in total. The molecule has 0 fully saturated rings. The molecule has 110 valence electrons. The first-order valence-corrected chi connectivity index (χ1v) is 6.97. The van der Waals surface area contributed by atoms with Crippen molar-refractivity contribution in [2.45, 2.75) is 26.4 Å². The van der Waals surface area contributed by atoms with Crippen molar-refractivity contribution < 1.29 is 4.74 Å². The summed E-state index contributed by atoms with van der Waals surface area (Å²) in [7, 11) is 5.84. The first kappa shape index (κ1) is 16.5. The summed E-state index contributed by atoms with van der Waals surface area (Å²) < 4.78 is 5.40. The lowest BCUT2D eigenvalue weighted by Crippen LogP contribution is -2.39. The summed E-state index contributed by atoms with van der Waals surface area (Å²) in [6.07, 6.45) is 0. The van der Waals surface area contributed by atoms with Gasteiger partial charge in [0.15, 0.2) is 0 Å². The van der Waals surface area contributed by atoms with Gasteiger partial charge in [-0.15, -0.1) is 0 Å². The Morgan fingerprint density at radius 1 is 1.35 bits per heavy atom. The van der Waals surface area contributed by atoms with Crippen molar-refractivity contribution in [3.63, 3.8) is 0 Å². The van der Waals surface area contributed by atoms with Gasteiger partial charge in [0, 0.05) is 24.7 Å². The minimum Gasteiger partial charge on any atom is -0.496 e. The maximum atomic E-state index is 9.03. The van der Waals surface area contributed by atoms with Gasteiger partial charge in [-0.05, 0) is 45.8 Å². The molecule has 1 rings (SSSR count). The van der Waals surface area contributed by atoms with Gasteiger partial charge >= 0.3 is 0 Å². The number of methoxy groups -OCH3 is 1. The Balaban J connectivity index is 2.91. The number of ether oxygens (including phenoxy) is 1. The first-order chi connectivity index (χ1) is 9.51. The average Bonchev–Trinajstić information content (AvgIpc) is 2.43. The topological polar surface area (TPSA) is 39.5 Å². The van der Waals surface area contributed by atoms with Crippen LogP contribution >= 0.6 is 0 Å². The summed E-state index contributed by atoms with van der Waals surface area (Å²) >= 11 is 0. The highest BCUT2D eigenvalue weighted by atomic mass is 16.5. The third kappa shape index (κ3) is 4.52. The molecule has 1 aromatic rings. The van der Waals surface area contributed by atoms with Crippen molar-refractivity contribution in [3.05, 3.63) is 29.3 Å². The fraction of sp³-hybridized carbons (Fsp3) is 0.562. The highest BCUT2D eigenvalue weighted by Gasteiger charge is 2.15. The Labute approximate surface area is 122 Å². The van der Waals surface area contributed by atoms with Gasteiger partial charge in [-0.1, -0.05) is 6.92 Å². The molecule has 0 saturated heterocycles. The summed E-state index contributed by atoms with van der Waals surface area (Å²) in [6, 6.07) is 8.23. The highest BCUT2D eigenvalue weighted by molar-refractivity contribution is 5.42. The van der Waals surface area contributed by atoms with Crippen LogP contribution in [0.4, 0.5) is 0 Å². The number of hydrogen-bond acceptors (Lipinski definition) is 4. The second kappa shape index (κ2) is 7.88. The third-order valence-corrected chi connectivity index (χ3v) is 3.44. The number of likely N-dealkylation sites (N-methyl/N-ethyl adjacent to an activating group) is 2. The van der Waals surface area contributed by atoms with Crippen LogP contribution in [0.1, 0.15) is 25.0 Å². The molecule has 20 heavy (non-hydrogen) atoms. The molecule has 1 unspecified atom stereocenters. The van der Waals surface area contributed by atoms with Gasteiger partial charge in [-0.25, -0.2) is 0 Å². The summed E-state index contributed by atoms with van der Waals surface area (Å²) in [6.45, 7) is 7.16. The van der Waals surface area contributed by atoms with Gasteiger partial charge in [0.2, 0.25) is 0 Å². The lowest BCUT2D eigenvalue weighted by atomic mass is 10.1. The molecule has 1 aromatic carbocycles. The number of benzene rings is 1. The van der Waals surface area contributed by atoms with Crippen LogP contribution in [-0.4, -0.2) is 50.1 Å². The van der Waals surface area contributed by atoms with E-state index in [-0.39, 0.29) is 0 Å². The lowest BCUT2D eigenvalue weighted by Gasteiger charge is -2.30. The van der Waals surface area contributed by atoms with Crippen molar-refractivity contribution in [2.24, 2.45) is 0 Å². The average molecular weight is 275 g/mol. The zero-order valence-corrected chi connectivity index (χ0v) is 13.2. The zero-order chi connectivity index (χ0) is 15.1. The van der Waals surface area contributed by atoms with Crippen LogP contribution in [0, 0.1) is 11.3 Å². The summed E-state index contributed by atoms with van der Waals surface area (Å²) in [5, 5.41) is 9.03. The maximum absolute atomic E-state index is 9.03. The second-order valence-electron chi connectivity index (χ2n) is 5.31. The standard InChI is InChI=1S/C16H25N3O/c1-6-19(13(2)11-18(3)4)12-15-9-14(10-17)7-8-16(15)20-5/h7-9,13H,6,11-12H2,1-5H3. The minimum atomic E-state index is 0.449. The fourth-order valence-corrected chi connectivity index (χ4v) is 2.41. The molecule has 0 bridgehead atoms. The lowest BCUT2D eigenvalue weighted by molar-refractivity contribution is 0.172. The van der Waals surface area contributed by atoms with E-state index >= 15 is 0 Å². The molecule has 0 heterocycles. The van der Waals surface area contributed by atoms with E-state index in [0.29, 0.717) is 11.6 Å². The molecule has 1 atom stereocenters. The maximum Gasteiger partial charge on any atom is 0.123 e. The van der Waals surface area contributed by atoms with Gasteiger partial charge in [0.25, 0.3) is 0 Å². The van der Waals surface area contributed by atoms with Crippen molar-refractivity contribution in [3.8, 4) is 11.8 Å². The van der Waals surface area contributed by atoms with E-state index in [9.17, 15) is 0 Å². The molecule has 0 amide bonds. The van der Waals surface area contributed by atoms with Crippen molar-refractivity contribution in [2.75, 3.05) is 34.3 Å². The van der Waals surface area contributed by atoms with Gasteiger partial charge in [0.1, 0.15) is 5.75 Å². The molecule has 0 aliphatic heterocycles. The van der Waals surface area contributed by atoms with Crippen molar-refractivity contribution in [1.82, 2.24) is 9.80 Å². The van der Waals surface area contributed by atoms with Gasteiger partial charge in [-0.2, -0.15) is 5.26 Å². The molecular weight excluding hydrogens is 250 g/mol. The highest BCUT2D eigenvalue weighted by Crippen LogP contribution is 2.22. The van der Waals surface area contributed by atoms with Crippen molar-refractivity contribution in [1.29, 1.82) is 5.26 Å². The first-order valence-electron chi connectivity index (χ1n) is 6.97. The molecule has 0 N–H and O–H groups in total. The van der Waals surface area contributed by atoms with E-state index in [1.54, 1.807) is 13.2 Å². The largest absolute Gasteiger partial charge is 0.496 e. The van der Waals surface area contributed by atoms with Crippen LogP contribution in [-0.2, 0) is 6.54 Å². The monoisotopic (exact) mass is 275 g/mol. The van der Waals surface area contributed by atoms with Crippen LogP contribution in [0.5, 0.6) is 5.75 Å². The smallest absolute Gasteiger partial charge is 0.123 e. The van der Waals surface area contributed by atoms with E-state index in [0.717, 1.165) is 30.9 Å². The fourth-order valence-electron chi connectivity index (χ4n) is 2.41. The van der Waals surface area contributed by atoms with Crippen LogP contribution in [0.2, 0.25) is 0 Å². The van der Waals surface area contributed by atoms with E-state index < -0.39 is 0 Å². The molecular formula is C16H25N3O. The molecule has 0 aliphatic carbocycles. The molecule has 0 aliphatic rings. The SMILES string of the molecule is CCN(Cc1cc(C#N)ccc1OC)C(C)CN(C)C. The normalized spacial score (nSPS) is 12.5. The Morgan fingerprint density at radius 2 is 2.05 bits per heavy atom. The van der Waals surface area contributed by atoms with E-state index in [4.69, 9.17) is 10.00 Å². The molecule has 0 spiro atoms. The molecule has 4 heteroatoms. The summed E-state index contributed by atoms with van der Waals surface area (Å²) in [5.74, 6) is 0.847. The number of rotatable bonds is 7. The van der Waals surface area contributed by atoms with Crippen LogP contribution in [0.3, 0.4) is 0 Å². The van der Waals surface area contributed by atoms with E-state index in [2.05, 4.69) is 43.8 Å². The van der Waals surface area contributed by atoms with Crippen LogP contribution in [0.25, 0.3) is 0 Å². The predicted molar refractivity (Wildman–Crippen MR) is 81.8 cm³/mol. The van der Waals surface area contributed by atoms with Gasteiger partial charge in [0.05, 0.1) is 18.7 Å². The predicted octanol–water partition coefficient (Wildman–Crippen LogP) is 2.34. The van der Waals surface area contributed by atoms with Gasteiger partial charge in [-0.3, -0.25) is 4.90 Å². The van der Waals surface area contributed by atoms with Gasteiger partial charge < -0.3 is 9.64 Å². The Morgan fingerprint density at radius 3 is 2.55 bits per heavy atom. The van der Waals surface area contributed by atoms with E-state index in [1.165, 1.54) is 0 Å². The summed E-state index contributed by atoms with van der Waals surface area (Å²) in [5.41, 5.74) is 1.75. The Hall–Kier alpha value is -1.57. The minimum absolute atomic E-state index is 0.449. The second-order valence-corrected chi connectivity index (χ2v) is 5.31. The number of nitrogens with zero attached hydrogens (tertiary/aromatic N) is 3. The van der Waals surface area contributed by atoms with Crippen molar-refractivity contribution >= 4 is 0 Å².